The second kappa shape index (κ2) is 4.48. The third kappa shape index (κ3) is 4.13. The zero-order valence-electron chi connectivity index (χ0n) is 5.16. The fourth-order valence-corrected chi connectivity index (χ4v) is 0.674. The van der Waals surface area contributed by atoms with E-state index in [2.05, 4.69) is 0 Å². The van der Waals surface area contributed by atoms with Gasteiger partial charge >= 0.3 is 0 Å². The molecular formula is C5H8NO2S-. The first-order valence-electron chi connectivity index (χ1n) is 2.63. The van der Waals surface area contributed by atoms with Crippen LogP contribution in [0.3, 0.4) is 0 Å². The Kier molecular flexibility index (Phi) is 4.28. The lowest BCUT2D eigenvalue weighted by atomic mass is 10.3. The molecule has 3 nitrogen and oxygen atoms in total. The molecule has 2 unspecified atom stereocenters. The average Bonchev–Trinajstić information content (AvgIpc) is 1.82. The minimum Gasteiger partial charge on any atom is -0.772 e. The zero-order valence-corrected chi connectivity index (χ0v) is 5.98. The number of hydrogen-bond donors (Lipinski definition) is 0. The first kappa shape index (κ1) is 8.60. The number of rotatable bonds is 3. The van der Waals surface area contributed by atoms with Crippen LogP contribution in [0.25, 0.3) is 0 Å². The second-order valence-corrected chi connectivity index (χ2v) is 3.09. The van der Waals surface area contributed by atoms with Crippen LogP contribution in [0, 0.1) is 11.3 Å². The Bertz CT molecular complexity index is 140. The summed E-state index contributed by atoms with van der Waals surface area (Å²) < 4.78 is 20.2. The van der Waals surface area contributed by atoms with Crippen LogP contribution in [0.5, 0.6) is 0 Å². The van der Waals surface area contributed by atoms with E-state index < -0.39 is 11.1 Å². The van der Waals surface area contributed by atoms with E-state index in [1.807, 2.05) is 6.07 Å². The van der Waals surface area contributed by atoms with Crippen molar-refractivity contribution in [1.82, 2.24) is 0 Å². The van der Waals surface area contributed by atoms with Gasteiger partial charge in [0.15, 0.2) is 0 Å². The van der Waals surface area contributed by atoms with E-state index in [1.165, 1.54) is 0 Å². The van der Waals surface area contributed by atoms with Gasteiger partial charge in [0.1, 0.15) is 0 Å². The molecule has 0 aromatic carbocycles. The van der Waals surface area contributed by atoms with E-state index in [4.69, 9.17) is 5.26 Å². The Labute approximate surface area is 57.0 Å². The van der Waals surface area contributed by atoms with E-state index in [0.717, 1.165) is 0 Å². The van der Waals surface area contributed by atoms with Gasteiger partial charge in [-0.15, -0.1) is 0 Å². The van der Waals surface area contributed by atoms with Crippen LogP contribution in [-0.2, 0) is 11.1 Å². The number of nitrogens with zero attached hydrogens (tertiary/aromatic N) is 1. The highest BCUT2D eigenvalue weighted by molar-refractivity contribution is 7.79. The molecule has 0 amide bonds. The highest BCUT2D eigenvalue weighted by Crippen LogP contribution is 2.00. The molecule has 0 bridgehead atoms. The largest absolute Gasteiger partial charge is 0.772 e. The molecule has 0 rings (SSSR count). The SMILES string of the molecule is CC(CCC#N)S(=O)[O-]. The van der Waals surface area contributed by atoms with Crippen molar-refractivity contribution in [2.24, 2.45) is 0 Å². The standard InChI is InChI=1S/C5H9NO2S/c1-5(9(7)8)3-2-4-6/h5H,2-3H2,1H3,(H,7,8)/p-1. The molecular weight excluding hydrogens is 138 g/mol. The summed E-state index contributed by atoms with van der Waals surface area (Å²) >= 11 is -2.01. The molecule has 9 heavy (non-hydrogen) atoms. The maximum atomic E-state index is 10.1. The van der Waals surface area contributed by atoms with Gasteiger partial charge in [-0.3, -0.25) is 4.21 Å². The average molecular weight is 146 g/mol. The van der Waals surface area contributed by atoms with Crippen LogP contribution in [0.4, 0.5) is 0 Å². The molecule has 0 aliphatic rings. The monoisotopic (exact) mass is 146 g/mol. The van der Waals surface area contributed by atoms with Crippen LogP contribution in [0.15, 0.2) is 0 Å². The van der Waals surface area contributed by atoms with Crippen molar-refractivity contribution in [2.45, 2.75) is 25.0 Å². The van der Waals surface area contributed by atoms with E-state index in [9.17, 15) is 8.76 Å². The van der Waals surface area contributed by atoms with Crippen molar-refractivity contribution in [3.8, 4) is 6.07 Å². The number of hydrogen-bond acceptors (Lipinski definition) is 3. The topological polar surface area (TPSA) is 63.9 Å². The van der Waals surface area contributed by atoms with Gasteiger partial charge in [-0.1, -0.05) is 18.0 Å². The Morgan fingerprint density at radius 1 is 1.89 bits per heavy atom. The summed E-state index contributed by atoms with van der Waals surface area (Å²) in [7, 11) is 0. The molecule has 0 saturated heterocycles. The molecule has 0 aliphatic heterocycles. The van der Waals surface area contributed by atoms with Gasteiger partial charge in [-0.25, -0.2) is 0 Å². The lowest BCUT2D eigenvalue weighted by Crippen LogP contribution is -2.08. The minimum absolute atomic E-state index is 0.315. The molecule has 0 fully saturated rings. The lowest BCUT2D eigenvalue weighted by Gasteiger charge is -2.11. The number of nitriles is 1. The van der Waals surface area contributed by atoms with Crippen molar-refractivity contribution >= 4 is 11.1 Å². The zero-order chi connectivity index (χ0) is 7.28. The van der Waals surface area contributed by atoms with E-state index in [1.54, 1.807) is 6.92 Å². The van der Waals surface area contributed by atoms with Crippen molar-refractivity contribution in [3.63, 3.8) is 0 Å². The third-order valence-corrected chi connectivity index (χ3v) is 1.88. The van der Waals surface area contributed by atoms with Gasteiger partial charge in [0.05, 0.1) is 6.07 Å². The normalized spacial score (nSPS) is 16.1. The Morgan fingerprint density at radius 2 is 2.44 bits per heavy atom. The molecule has 2 atom stereocenters. The summed E-state index contributed by atoms with van der Waals surface area (Å²) in [6, 6.07) is 1.88. The Morgan fingerprint density at radius 3 is 2.78 bits per heavy atom. The molecule has 52 valence electrons. The summed E-state index contributed by atoms with van der Waals surface area (Å²) in [5.74, 6) is 0. The predicted octanol–water partition coefficient (Wildman–Crippen LogP) is 0.558. The van der Waals surface area contributed by atoms with Crippen molar-refractivity contribution in [3.05, 3.63) is 0 Å². The van der Waals surface area contributed by atoms with Gasteiger partial charge in [0, 0.05) is 11.7 Å². The van der Waals surface area contributed by atoms with Crippen LogP contribution in [-0.4, -0.2) is 14.0 Å². The van der Waals surface area contributed by atoms with Crippen molar-refractivity contribution in [1.29, 1.82) is 5.26 Å². The molecule has 0 aliphatic carbocycles. The van der Waals surface area contributed by atoms with Crippen molar-refractivity contribution in [2.75, 3.05) is 0 Å². The molecule has 0 aromatic heterocycles. The first-order valence-corrected chi connectivity index (χ1v) is 3.77. The van der Waals surface area contributed by atoms with Gasteiger partial charge in [-0.2, -0.15) is 5.26 Å². The van der Waals surface area contributed by atoms with Crippen LogP contribution in [0.2, 0.25) is 0 Å². The quantitative estimate of drug-likeness (QED) is 0.546. The van der Waals surface area contributed by atoms with Crippen LogP contribution >= 0.6 is 0 Å². The minimum atomic E-state index is -2.01. The fraction of sp³-hybridized carbons (Fsp3) is 0.800. The van der Waals surface area contributed by atoms with Gasteiger partial charge in [-0.05, 0) is 6.42 Å². The first-order chi connectivity index (χ1) is 4.18. The second-order valence-electron chi connectivity index (χ2n) is 1.77. The summed E-state index contributed by atoms with van der Waals surface area (Å²) in [6.07, 6.45) is 0.752. The summed E-state index contributed by atoms with van der Waals surface area (Å²) in [5.41, 5.74) is 0. The highest BCUT2D eigenvalue weighted by Gasteiger charge is 1.98. The van der Waals surface area contributed by atoms with E-state index >= 15 is 0 Å². The van der Waals surface area contributed by atoms with Crippen molar-refractivity contribution < 1.29 is 8.76 Å². The maximum absolute atomic E-state index is 10.1. The van der Waals surface area contributed by atoms with E-state index in [0.29, 0.717) is 12.8 Å². The van der Waals surface area contributed by atoms with Crippen LogP contribution < -0.4 is 0 Å². The maximum Gasteiger partial charge on any atom is 0.0622 e. The van der Waals surface area contributed by atoms with Gasteiger partial charge < -0.3 is 4.55 Å². The summed E-state index contributed by atoms with van der Waals surface area (Å²) in [4.78, 5) is 0. The lowest BCUT2D eigenvalue weighted by molar-refractivity contribution is 0.521. The van der Waals surface area contributed by atoms with Crippen LogP contribution in [0.1, 0.15) is 19.8 Å². The third-order valence-electron chi connectivity index (χ3n) is 0.991. The smallest absolute Gasteiger partial charge is 0.0622 e. The molecule has 0 saturated carbocycles. The predicted molar refractivity (Wildman–Crippen MR) is 33.2 cm³/mol. The Balaban J connectivity index is 3.41. The molecule has 0 N–H and O–H groups in total. The van der Waals surface area contributed by atoms with E-state index in [-0.39, 0.29) is 5.25 Å². The van der Waals surface area contributed by atoms with Gasteiger partial charge in [0.2, 0.25) is 0 Å². The fourth-order valence-electron chi connectivity index (χ4n) is 0.364. The molecule has 0 heterocycles. The summed E-state index contributed by atoms with van der Waals surface area (Å²) in [5, 5.41) is 7.66. The molecule has 0 spiro atoms. The van der Waals surface area contributed by atoms with Gasteiger partial charge in [0.25, 0.3) is 0 Å². The summed E-state index contributed by atoms with van der Waals surface area (Å²) in [6.45, 7) is 1.58. The Hall–Kier alpha value is -0.400. The highest BCUT2D eigenvalue weighted by atomic mass is 32.2. The molecule has 0 radical (unpaired) electrons. The molecule has 4 heteroatoms. The molecule has 0 aromatic rings.